The Balaban J connectivity index is 2.21. The van der Waals surface area contributed by atoms with Gasteiger partial charge in [0.2, 0.25) is 5.91 Å². The van der Waals surface area contributed by atoms with Crippen molar-refractivity contribution in [1.82, 2.24) is 14.9 Å². The minimum Gasteiger partial charge on any atom is -0.349 e. The number of amides is 2. The average molecular weight is 423 g/mol. The maximum atomic E-state index is 13.6. The fourth-order valence-electron chi connectivity index (χ4n) is 3.22. The van der Waals surface area contributed by atoms with Crippen molar-refractivity contribution in [3.63, 3.8) is 0 Å². The molecule has 0 saturated heterocycles. The number of rotatable bonds is 5. The molecule has 1 aromatic heterocycles. The van der Waals surface area contributed by atoms with Gasteiger partial charge in [-0.3, -0.25) is 14.5 Å². The van der Waals surface area contributed by atoms with Gasteiger partial charge in [0.25, 0.3) is 5.91 Å². The van der Waals surface area contributed by atoms with Crippen molar-refractivity contribution < 1.29 is 9.59 Å². The molecule has 0 fully saturated rings. The first-order valence-corrected chi connectivity index (χ1v) is 10.6. The summed E-state index contributed by atoms with van der Waals surface area (Å²) in [6.45, 7) is 9.64. The topological polar surface area (TPSA) is 75.2 Å². The van der Waals surface area contributed by atoms with Crippen LogP contribution in [0, 0.1) is 13.8 Å². The number of nitrogens with zero attached hydrogens (tertiary/aromatic N) is 3. The molecule has 3 rings (SSSR count). The number of carbonyl (C=O) groups excluding carboxylic acids is 2. The Bertz CT molecular complexity index is 1030. The fraction of sp³-hybridized carbons (Fsp3) is 0.304. The van der Waals surface area contributed by atoms with E-state index in [1.165, 1.54) is 4.90 Å². The summed E-state index contributed by atoms with van der Waals surface area (Å²) >= 11 is 1.10. The summed E-state index contributed by atoms with van der Waals surface area (Å²) in [5.41, 5.74) is 3.03. The van der Waals surface area contributed by atoms with E-state index in [-0.39, 0.29) is 17.5 Å². The van der Waals surface area contributed by atoms with Crippen LogP contribution in [0.1, 0.15) is 54.0 Å². The molecule has 1 unspecified atom stereocenters. The first kappa shape index (κ1) is 21.6. The van der Waals surface area contributed by atoms with Gasteiger partial charge in [0.15, 0.2) is 5.69 Å². The van der Waals surface area contributed by atoms with Crippen molar-refractivity contribution in [2.24, 2.45) is 0 Å². The third kappa shape index (κ3) is 4.91. The molecule has 0 aliphatic heterocycles. The summed E-state index contributed by atoms with van der Waals surface area (Å²) in [5, 5.41) is 8.61. The molecule has 7 heteroatoms. The van der Waals surface area contributed by atoms with Crippen molar-refractivity contribution in [1.29, 1.82) is 0 Å². The van der Waals surface area contributed by atoms with Crippen LogP contribution in [0.15, 0.2) is 53.9 Å². The summed E-state index contributed by atoms with van der Waals surface area (Å²) in [6.07, 6.45) is 0. The maximum absolute atomic E-state index is 13.6. The van der Waals surface area contributed by atoms with E-state index in [1.54, 1.807) is 5.38 Å². The highest BCUT2D eigenvalue weighted by atomic mass is 32.1. The number of hydrogen-bond acceptors (Lipinski definition) is 5. The molecule has 3 aromatic rings. The van der Waals surface area contributed by atoms with Gasteiger partial charge in [-0.15, -0.1) is 5.10 Å². The van der Waals surface area contributed by atoms with E-state index in [1.807, 2.05) is 83.1 Å². The number of hydrogen-bond donors (Lipinski definition) is 1. The first-order chi connectivity index (χ1) is 14.2. The van der Waals surface area contributed by atoms with Crippen LogP contribution in [-0.4, -0.2) is 26.9 Å². The number of carbonyl (C=O) groups is 2. The molecule has 0 spiro atoms. The molecule has 1 heterocycles. The largest absolute Gasteiger partial charge is 0.349 e. The Morgan fingerprint density at radius 1 is 1.07 bits per heavy atom. The molecule has 2 aromatic carbocycles. The normalized spacial score (nSPS) is 12.3. The average Bonchev–Trinajstić information content (AvgIpc) is 3.21. The van der Waals surface area contributed by atoms with Crippen LogP contribution in [0.25, 0.3) is 0 Å². The zero-order valence-electron chi connectivity index (χ0n) is 17.8. The van der Waals surface area contributed by atoms with Crippen LogP contribution in [0.3, 0.4) is 0 Å². The summed E-state index contributed by atoms with van der Waals surface area (Å²) in [5.74, 6) is -0.624. The molecule has 2 amide bonds. The molecule has 0 saturated carbocycles. The van der Waals surface area contributed by atoms with Gasteiger partial charge in [0.1, 0.15) is 6.04 Å². The third-order valence-electron chi connectivity index (χ3n) is 4.54. The number of aromatic nitrogens is 2. The summed E-state index contributed by atoms with van der Waals surface area (Å²) < 4.78 is 3.84. The van der Waals surface area contributed by atoms with Crippen molar-refractivity contribution in [2.45, 2.75) is 46.2 Å². The molecule has 156 valence electrons. The smallest absolute Gasteiger partial charge is 0.280 e. The van der Waals surface area contributed by atoms with Crippen molar-refractivity contribution in [2.75, 3.05) is 4.90 Å². The predicted octanol–water partition coefficient (Wildman–Crippen LogP) is 4.46. The lowest BCUT2D eigenvalue weighted by Crippen LogP contribution is -2.49. The van der Waals surface area contributed by atoms with Crippen LogP contribution >= 0.6 is 11.5 Å². The minimum absolute atomic E-state index is 0.213. The van der Waals surface area contributed by atoms with E-state index in [2.05, 4.69) is 14.9 Å². The van der Waals surface area contributed by atoms with E-state index >= 15 is 0 Å². The third-order valence-corrected chi connectivity index (χ3v) is 5.05. The highest BCUT2D eigenvalue weighted by molar-refractivity contribution is 7.03. The lowest BCUT2D eigenvalue weighted by Gasteiger charge is -2.34. The number of aryl methyl sites for hydroxylation is 2. The van der Waals surface area contributed by atoms with Crippen LogP contribution in [0.2, 0.25) is 0 Å². The molecule has 30 heavy (non-hydrogen) atoms. The van der Waals surface area contributed by atoms with E-state index < -0.39 is 11.6 Å². The van der Waals surface area contributed by atoms with Gasteiger partial charge in [-0.1, -0.05) is 47.0 Å². The number of benzene rings is 2. The second kappa shape index (κ2) is 8.75. The van der Waals surface area contributed by atoms with Crippen LogP contribution in [-0.2, 0) is 4.79 Å². The number of nitrogens with one attached hydrogen (secondary N) is 1. The molecule has 1 N–H and O–H groups in total. The standard InChI is InChI=1S/C23H26N4O2S/c1-15-11-12-16(2)19(13-15)27(22(29)18-14-30-26-25-18)20(17-9-7-6-8-10-17)21(28)24-23(3,4)5/h6-14,20H,1-5H3,(H,24,28). The molecular weight excluding hydrogens is 396 g/mol. The van der Waals surface area contributed by atoms with E-state index in [0.29, 0.717) is 5.69 Å². The Hall–Kier alpha value is -3.06. The van der Waals surface area contributed by atoms with E-state index in [4.69, 9.17) is 0 Å². The Labute approximate surface area is 181 Å². The summed E-state index contributed by atoms with van der Waals surface area (Å²) in [7, 11) is 0. The van der Waals surface area contributed by atoms with E-state index in [0.717, 1.165) is 28.2 Å². The van der Waals surface area contributed by atoms with Gasteiger partial charge in [0, 0.05) is 16.6 Å². The summed E-state index contributed by atoms with van der Waals surface area (Å²) in [4.78, 5) is 28.6. The maximum Gasteiger partial charge on any atom is 0.280 e. The van der Waals surface area contributed by atoms with Gasteiger partial charge in [0.05, 0.1) is 0 Å². The highest BCUT2D eigenvalue weighted by Crippen LogP contribution is 2.33. The van der Waals surface area contributed by atoms with Crippen molar-refractivity contribution >= 4 is 29.0 Å². The van der Waals surface area contributed by atoms with Crippen molar-refractivity contribution in [3.8, 4) is 0 Å². The molecule has 0 bridgehead atoms. The lowest BCUT2D eigenvalue weighted by atomic mass is 9.99. The van der Waals surface area contributed by atoms with Gasteiger partial charge >= 0.3 is 0 Å². The summed E-state index contributed by atoms with van der Waals surface area (Å²) in [6, 6.07) is 14.3. The van der Waals surface area contributed by atoms with Gasteiger partial charge in [-0.25, -0.2) is 0 Å². The zero-order valence-corrected chi connectivity index (χ0v) is 18.7. The van der Waals surface area contributed by atoms with Gasteiger partial charge in [-0.05, 0) is 68.9 Å². The number of anilines is 1. The van der Waals surface area contributed by atoms with Crippen LogP contribution in [0.4, 0.5) is 5.69 Å². The van der Waals surface area contributed by atoms with E-state index in [9.17, 15) is 9.59 Å². The SMILES string of the molecule is Cc1ccc(C)c(N(C(=O)c2csnn2)C(C(=O)NC(C)(C)C)c2ccccc2)c1. The van der Waals surface area contributed by atoms with Gasteiger partial charge < -0.3 is 5.32 Å². The minimum atomic E-state index is -0.861. The molecule has 1 atom stereocenters. The quantitative estimate of drug-likeness (QED) is 0.659. The first-order valence-electron chi connectivity index (χ1n) is 9.72. The zero-order chi connectivity index (χ0) is 21.9. The molecule has 0 aliphatic carbocycles. The fourth-order valence-corrected chi connectivity index (χ4v) is 3.65. The van der Waals surface area contributed by atoms with Crippen molar-refractivity contribution in [3.05, 3.63) is 76.3 Å². The lowest BCUT2D eigenvalue weighted by molar-refractivity contribution is -0.123. The van der Waals surface area contributed by atoms with Crippen LogP contribution in [0.5, 0.6) is 0 Å². The Morgan fingerprint density at radius 2 is 1.77 bits per heavy atom. The second-order valence-corrected chi connectivity index (χ2v) is 8.92. The Kier molecular flexibility index (Phi) is 6.31. The molecule has 6 nitrogen and oxygen atoms in total. The highest BCUT2D eigenvalue weighted by Gasteiger charge is 2.36. The Morgan fingerprint density at radius 3 is 2.37 bits per heavy atom. The molecule has 0 radical (unpaired) electrons. The molecule has 0 aliphatic rings. The predicted molar refractivity (Wildman–Crippen MR) is 120 cm³/mol. The molecular formula is C23H26N4O2S. The second-order valence-electron chi connectivity index (χ2n) is 8.31. The monoisotopic (exact) mass is 422 g/mol. The van der Waals surface area contributed by atoms with Crippen LogP contribution < -0.4 is 10.2 Å². The van der Waals surface area contributed by atoms with Gasteiger partial charge in [-0.2, -0.15) is 0 Å².